The minimum Gasteiger partial charge on any atom is -0.493 e. The summed E-state index contributed by atoms with van der Waals surface area (Å²) in [7, 11) is -4.37. The highest BCUT2D eigenvalue weighted by molar-refractivity contribution is 7.85. The molecule has 5 rings (SSSR count). The monoisotopic (exact) mass is 657 g/mol. The summed E-state index contributed by atoms with van der Waals surface area (Å²) in [6.45, 7) is 10.7. The zero-order valence-corrected chi connectivity index (χ0v) is 28.5. The summed E-state index contributed by atoms with van der Waals surface area (Å²) in [5, 5.41) is 9.06. The molecule has 0 saturated heterocycles. The summed E-state index contributed by atoms with van der Waals surface area (Å²) in [5.74, 6) is 0.0640. The van der Waals surface area contributed by atoms with Crippen molar-refractivity contribution in [3.8, 4) is 5.75 Å². The molecule has 0 amide bonds. The van der Waals surface area contributed by atoms with Gasteiger partial charge in [0.25, 0.3) is 10.1 Å². The highest BCUT2D eigenvalue weighted by Gasteiger charge is 2.44. The van der Waals surface area contributed by atoms with Gasteiger partial charge in [0.05, 0.1) is 16.9 Å². The van der Waals surface area contributed by atoms with Crippen molar-refractivity contribution >= 4 is 33.2 Å². The van der Waals surface area contributed by atoms with Crippen molar-refractivity contribution in [1.29, 1.82) is 0 Å². The van der Waals surface area contributed by atoms with E-state index in [0.717, 1.165) is 48.5 Å². The number of anilines is 1. The van der Waals surface area contributed by atoms with E-state index in [9.17, 15) is 17.8 Å². The lowest BCUT2D eigenvalue weighted by Crippen LogP contribution is -2.28. The molecule has 0 fully saturated rings. The van der Waals surface area contributed by atoms with Gasteiger partial charge in [-0.05, 0) is 68.7 Å². The van der Waals surface area contributed by atoms with Crippen molar-refractivity contribution in [2.45, 2.75) is 75.5 Å². The molecule has 3 aromatic rings. The summed E-state index contributed by atoms with van der Waals surface area (Å²) in [6.07, 6.45) is 9.48. The fraction of sp³-hybridized carbons (Fsp3) is 0.368. The van der Waals surface area contributed by atoms with E-state index in [-0.39, 0.29) is 16.7 Å². The Morgan fingerprint density at radius 1 is 0.894 bits per heavy atom. The van der Waals surface area contributed by atoms with Crippen molar-refractivity contribution in [2.75, 3.05) is 24.6 Å². The number of rotatable bonds is 14. The number of unbranched alkanes of at least 4 members (excludes halogenated alkanes) is 2. The maximum absolute atomic E-state index is 12.0. The molecule has 2 N–H and O–H groups in total. The molecule has 0 radical (unpaired) electrons. The molecular formula is C38H45N2O6S+. The molecule has 47 heavy (non-hydrogen) atoms. The number of hydrogen-bond acceptors (Lipinski definition) is 5. The first-order valence-electron chi connectivity index (χ1n) is 16.2. The predicted octanol–water partition coefficient (Wildman–Crippen LogP) is 7.66. The van der Waals surface area contributed by atoms with Crippen molar-refractivity contribution in [3.05, 3.63) is 108 Å². The number of aliphatic carboxylic acids is 1. The van der Waals surface area contributed by atoms with E-state index in [1.165, 1.54) is 23.0 Å². The Hall–Kier alpha value is -4.21. The third kappa shape index (κ3) is 7.36. The lowest BCUT2D eigenvalue weighted by Gasteiger charge is -2.27. The topological polar surface area (TPSA) is 107 Å². The number of carbonyl (C=O) groups is 1. The number of fused-ring (bicyclic) bond motifs is 2. The van der Waals surface area contributed by atoms with Gasteiger partial charge in [-0.1, -0.05) is 62.7 Å². The molecule has 0 bridgehead atoms. The quantitative estimate of drug-likeness (QED) is 0.104. The number of hydrogen-bond donors (Lipinski definition) is 2. The highest BCUT2D eigenvalue weighted by atomic mass is 32.2. The van der Waals surface area contributed by atoms with Crippen molar-refractivity contribution in [3.63, 3.8) is 0 Å². The second-order valence-electron chi connectivity index (χ2n) is 13.2. The Balaban J connectivity index is 1.45. The van der Waals surface area contributed by atoms with E-state index in [1.54, 1.807) is 12.1 Å². The number of allylic oxidation sites excluding steroid dienone is 4. The van der Waals surface area contributed by atoms with Gasteiger partial charge >= 0.3 is 5.97 Å². The van der Waals surface area contributed by atoms with Crippen LogP contribution < -0.4 is 9.64 Å². The molecule has 248 valence electrons. The minimum atomic E-state index is -4.37. The van der Waals surface area contributed by atoms with Crippen LogP contribution in [-0.2, 0) is 25.7 Å². The van der Waals surface area contributed by atoms with Gasteiger partial charge in [-0.15, -0.1) is 0 Å². The Morgan fingerprint density at radius 2 is 1.62 bits per heavy atom. The standard InChI is InChI=1S/C38H44N2O6S/c1-37(2)30-17-10-11-18-32(30)40(25-14-26-46-28-15-7-5-8-16-28)34(37)19-13-20-35-38(3,4)31-27-29(47(43,44)45)22-23-33(31)39(35)24-12-6-9-21-36(41)42/h5,7-8,10-11,13,15-20,22-23,27H,6,9,12,14,21,24-26H2,1-4H3,(H-,41,42,43,44,45)/p+1. The van der Waals surface area contributed by atoms with Gasteiger partial charge in [0.15, 0.2) is 12.3 Å². The molecule has 9 heteroatoms. The van der Waals surface area contributed by atoms with E-state index >= 15 is 0 Å². The molecule has 0 spiro atoms. The average Bonchev–Trinajstić information content (AvgIpc) is 3.37. The van der Waals surface area contributed by atoms with Crippen LogP contribution in [0.5, 0.6) is 5.75 Å². The molecular weight excluding hydrogens is 612 g/mol. The van der Waals surface area contributed by atoms with Crippen LogP contribution >= 0.6 is 0 Å². The van der Waals surface area contributed by atoms with Crippen LogP contribution in [0.1, 0.15) is 70.9 Å². The normalized spacial score (nSPS) is 17.4. The molecule has 0 aromatic heterocycles. The first kappa shape index (κ1) is 34.1. The SMILES string of the molecule is CC1(C)C(/C=C/C=C2/N(CCCCCC(=O)O)c3ccc(S(=O)(=O)O)cc3C2(C)C)=[N+](CCCOc2ccccc2)c2ccccc21. The third-order valence-electron chi connectivity index (χ3n) is 9.28. The van der Waals surface area contributed by atoms with Crippen LogP contribution in [0.4, 0.5) is 11.4 Å². The molecule has 0 unspecified atom stereocenters. The van der Waals surface area contributed by atoms with Crippen LogP contribution in [0, 0.1) is 0 Å². The summed E-state index contributed by atoms with van der Waals surface area (Å²) in [4.78, 5) is 13.1. The number of nitrogens with zero attached hydrogens (tertiary/aromatic N) is 2. The zero-order valence-electron chi connectivity index (χ0n) is 27.6. The number of carboxylic acid groups (broad SMARTS) is 1. The fourth-order valence-corrected chi connectivity index (χ4v) is 7.33. The van der Waals surface area contributed by atoms with Gasteiger partial charge < -0.3 is 14.7 Å². The Kier molecular flexibility index (Phi) is 10.1. The second-order valence-corrected chi connectivity index (χ2v) is 14.7. The van der Waals surface area contributed by atoms with E-state index in [4.69, 9.17) is 9.84 Å². The van der Waals surface area contributed by atoms with Crippen molar-refractivity contribution < 1.29 is 32.2 Å². The maximum atomic E-state index is 12.0. The Bertz CT molecular complexity index is 1820. The van der Waals surface area contributed by atoms with Gasteiger partial charge in [0, 0.05) is 53.9 Å². The summed E-state index contributed by atoms with van der Waals surface area (Å²) in [5.41, 5.74) is 5.58. The predicted molar refractivity (Wildman–Crippen MR) is 186 cm³/mol. The van der Waals surface area contributed by atoms with Crippen LogP contribution in [0.25, 0.3) is 0 Å². The molecule has 2 aliphatic rings. The van der Waals surface area contributed by atoms with Gasteiger partial charge in [0.1, 0.15) is 5.75 Å². The van der Waals surface area contributed by atoms with Crippen LogP contribution in [-0.4, -0.2) is 54.0 Å². The number of ether oxygens (including phenoxy) is 1. The van der Waals surface area contributed by atoms with Gasteiger partial charge in [-0.2, -0.15) is 13.0 Å². The largest absolute Gasteiger partial charge is 0.493 e. The van der Waals surface area contributed by atoms with Gasteiger partial charge in [-0.25, -0.2) is 0 Å². The third-order valence-corrected chi connectivity index (χ3v) is 10.1. The maximum Gasteiger partial charge on any atom is 0.303 e. The van der Waals surface area contributed by atoms with E-state index in [0.29, 0.717) is 19.6 Å². The van der Waals surface area contributed by atoms with Gasteiger partial charge in [-0.3, -0.25) is 9.35 Å². The van der Waals surface area contributed by atoms with Crippen LogP contribution in [0.3, 0.4) is 0 Å². The van der Waals surface area contributed by atoms with E-state index < -0.39 is 21.5 Å². The lowest BCUT2D eigenvalue weighted by molar-refractivity contribution is -0.438. The summed E-state index contributed by atoms with van der Waals surface area (Å²) in [6, 6.07) is 23.1. The highest BCUT2D eigenvalue weighted by Crippen LogP contribution is 2.48. The molecule has 2 aliphatic heterocycles. The van der Waals surface area contributed by atoms with Crippen LogP contribution in [0.2, 0.25) is 0 Å². The lowest BCUT2D eigenvalue weighted by atomic mass is 9.81. The van der Waals surface area contributed by atoms with Crippen molar-refractivity contribution in [2.24, 2.45) is 0 Å². The minimum absolute atomic E-state index is 0.129. The second kappa shape index (κ2) is 13.9. The molecule has 0 aliphatic carbocycles. The van der Waals surface area contributed by atoms with Crippen molar-refractivity contribution in [1.82, 2.24) is 0 Å². The first-order chi connectivity index (χ1) is 22.3. The molecule has 3 aromatic carbocycles. The first-order valence-corrected chi connectivity index (χ1v) is 17.7. The number of benzene rings is 3. The van der Waals surface area contributed by atoms with Gasteiger partial charge in [0.2, 0.25) is 5.69 Å². The molecule has 8 nitrogen and oxygen atoms in total. The zero-order chi connectivity index (χ0) is 33.8. The van der Waals surface area contributed by atoms with E-state index in [2.05, 4.69) is 79.7 Å². The molecule has 0 saturated carbocycles. The Labute approximate surface area is 278 Å². The fourth-order valence-electron chi connectivity index (χ4n) is 6.82. The average molecular weight is 658 g/mol. The van der Waals surface area contributed by atoms with E-state index in [1.807, 2.05) is 30.3 Å². The number of carboxylic acids is 1. The smallest absolute Gasteiger partial charge is 0.303 e. The molecule has 2 heterocycles. The summed E-state index contributed by atoms with van der Waals surface area (Å²) < 4.78 is 42.2. The van der Waals surface area contributed by atoms with Crippen LogP contribution in [0.15, 0.2) is 102 Å². The summed E-state index contributed by atoms with van der Waals surface area (Å²) >= 11 is 0. The Morgan fingerprint density at radius 3 is 2.34 bits per heavy atom. The molecule has 0 atom stereocenters. The number of para-hydroxylation sites is 2.